The average molecular weight is 527 g/mol. The fourth-order valence-electron chi connectivity index (χ4n) is 3.49. The summed E-state index contributed by atoms with van der Waals surface area (Å²) < 4.78 is 18.9. The van der Waals surface area contributed by atoms with E-state index in [1.807, 2.05) is 12.1 Å². The molecule has 1 aliphatic heterocycles. The third-order valence-electron chi connectivity index (χ3n) is 5.51. The number of halogens is 3. The molecule has 1 heterocycles. The first-order chi connectivity index (χ1) is 17.0. The topological polar surface area (TPSA) is 75.7 Å². The van der Waals surface area contributed by atoms with Crippen LogP contribution in [0.15, 0.2) is 77.5 Å². The molecule has 1 aliphatic rings. The van der Waals surface area contributed by atoms with Crippen LogP contribution in [0.2, 0.25) is 5.02 Å². The standard InChI is InChI=1S/C27H21Cl2FN2O4/c1-27(2,3)16-6-11-19(12-7-16)36-26(35)15-4-8-17(9-5-15)31-23-22(29)24(33)32(25(23)34)18-10-13-21(30)20(28)14-18/h4-14,31H,1-3H3. The molecule has 184 valence electrons. The molecule has 0 atom stereocenters. The summed E-state index contributed by atoms with van der Waals surface area (Å²) in [4.78, 5) is 38.8. The molecule has 0 spiro atoms. The Bertz CT molecular complexity index is 1390. The number of nitrogens with one attached hydrogen (secondary N) is 1. The molecule has 4 rings (SSSR count). The normalized spacial score (nSPS) is 13.9. The van der Waals surface area contributed by atoms with Crippen LogP contribution in [0.4, 0.5) is 15.8 Å². The van der Waals surface area contributed by atoms with Crippen LogP contribution in [0.3, 0.4) is 0 Å². The van der Waals surface area contributed by atoms with Crippen molar-refractivity contribution in [3.05, 3.63) is 99.4 Å². The Balaban J connectivity index is 1.45. The summed E-state index contributed by atoms with van der Waals surface area (Å²) in [6.45, 7) is 6.29. The Kier molecular flexibility index (Phi) is 6.89. The van der Waals surface area contributed by atoms with Crippen molar-refractivity contribution in [2.24, 2.45) is 0 Å². The molecule has 36 heavy (non-hydrogen) atoms. The smallest absolute Gasteiger partial charge is 0.343 e. The zero-order valence-corrected chi connectivity index (χ0v) is 21.1. The molecule has 0 aliphatic carbocycles. The Morgan fingerprint density at radius 2 is 1.56 bits per heavy atom. The second kappa shape index (κ2) is 9.76. The number of anilines is 2. The number of ether oxygens (including phenoxy) is 1. The van der Waals surface area contributed by atoms with Crippen LogP contribution in [0.1, 0.15) is 36.7 Å². The van der Waals surface area contributed by atoms with Crippen LogP contribution in [0.5, 0.6) is 5.75 Å². The van der Waals surface area contributed by atoms with Crippen molar-refractivity contribution in [1.29, 1.82) is 0 Å². The summed E-state index contributed by atoms with van der Waals surface area (Å²) in [6, 6.07) is 16.9. The van der Waals surface area contributed by atoms with Gasteiger partial charge in [-0.2, -0.15) is 0 Å². The lowest BCUT2D eigenvalue weighted by Crippen LogP contribution is -2.32. The van der Waals surface area contributed by atoms with Gasteiger partial charge in [0.05, 0.1) is 16.3 Å². The van der Waals surface area contributed by atoms with Gasteiger partial charge in [0.15, 0.2) is 0 Å². The van der Waals surface area contributed by atoms with Gasteiger partial charge in [-0.15, -0.1) is 0 Å². The van der Waals surface area contributed by atoms with Gasteiger partial charge >= 0.3 is 5.97 Å². The number of carbonyl (C=O) groups excluding carboxylic acids is 3. The van der Waals surface area contributed by atoms with Crippen LogP contribution in [0, 0.1) is 5.82 Å². The monoisotopic (exact) mass is 526 g/mol. The van der Waals surface area contributed by atoms with E-state index in [1.165, 1.54) is 18.2 Å². The fourth-order valence-corrected chi connectivity index (χ4v) is 3.88. The largest absolute Gasteiger partial charge is 0.423 e. The minimum atomic E-state index is -0.774. The SMILES string of the molecule is CC(C)(C)c1ccc(OC(=O)c2ccc(NC3=C(Cl)C(=O)N(c4ccc(F)c(Cl)c4)C3=O)cc2)cc1. The van der Waals surface area contributed by atoms with Crippen molar-refractivity contribution in [1.82, 2.24) is 0 Å². The Morgan fingerprint density at radius 3 is 2.14 bits per heavy atom. The highest BCUT2D eigenvalue weighted by molar-refractivity contribution is 6.53. The maximum atomic E-state index is 13.5. The van der Waals surface area contributed by atoms with Crippen molar-refractivity contribution in [3.63, 3.8) is 0 Å². The van der Waals surface area contributed by atoms with Crippen LogP contribution >= 0.6 is 23.2 Å². The van der Waals surface area contributed by atoms with E-state index in [0.717, 1.165) is 22.6 Å². The first kappa shape index (κ1) is 25.4. The molecular formula is C27H21Cl2FN2O4. The van der Waals surface area contributed by atoms with Gasteiger partial charge in [0.25, 0.3) is 11.8 Å². The molecule has 2 amide bonds. The summed E-state index contributed by atoms with van der Waals surface area (Å²) in [5.74, 6) is -2.31. The number of rotatable bonds is 5. The van der Waals surface area contributed by atoms with E-state index in [1.54, 1.807) is 24.3 Å². The van der Waals surface area contributed by atoms with Crippen molar-refractivity contribution in [3.8, 4) is 5.75 Å². The van der Waals surface area contributed by atoms with Crippen molar-refractivity contribution in [2.75, 3.05) is 10.2 Å². The second-order valence-electron chi connectivity index (χ2n) is 9.10. The number of hydrogen-bond acceptors (Lipinski definition) is 5. The lowest BCUT2D eigenvalue weighted by molar-refractivity contribution is -0.120. The molecule has 0 radical (unpaired) electrons. The van der Waals surface area contributed by atoms with Crippen molar-refractivity contribution < 1.29 is 23.5 Å². The number of nitrogens with zero attached hydrogens (tertiary/aromatic N) is 1. The lowest BCUT2D eigenvalue weighted by Gasteiger charge is -2.19. The third-order valence-corrected chi connectivity index (χ3v) is 6.15. The van der Waals surface area contributed by atoms with Crippen molar-refractivity contribution >= 4 is 52.4 Å². The number of amides is 2. The van der Waals surface area contributed by atoms with Gasteiger partial charge in [-0.05, 0) is 65.6 Å². The summed E-state index contributed by atoms with van der Waals surface area (Å²) in [7, 11) is 0. The maximum Gasteiger partial charge on any atom is 0.343 e. The molecule has 1 N–H and O–H groups in total. The molecule has 3 aromatic carbocycles. The minimum Gasteiger partial charge on any atom is -0.423 e. The molecule has 0 bridgehead atoms. The van der Waals surface area contributed by atoms with E-state index < -0.39 is 23.6 Å². The van der Waals surface area contributed by atoms with Crippen molar-refractivity contribution in [2.45, 2.75) is 26.2 Å². The Labute approximate surface area is 217 Å². The van der Waals surface area contributed by atoms with E-state index in [0.29, 0.717) is 11.4 Å². The van der Waals surface area contributed by atoms with Crippen LogP contribution in [-0.2, 0) is 15.0 Å². The van der Waals surface area contributed by atoms with Gasteiger partial charge in [-0.25, -0.2) is 14.1 Å². The van der Waals surface area contributed by atoms with E-state index >= 15 is 0 Å². The second-order valence-corrected chi connectivity index (χ2v) is 9.88. The predicted octanol–water partition coefficient (Wildman–Crippen LogP) is 6.43. The third kappa shape index (κ3) is 5.12. The minimum absolute atomic E-state index is 0.0158. The van der Waals surface area contributed by atoms with Crippen LogP contribution < -0.4 is 15.0 Å². The van der Waals surface area contributed by atoms with Gasteiger partial charge in [0.2, 0.25) is 0 Å². The first-order valence-electron chi connectivity index (χ1n) is 10.9. The highest BCUT2D eigenvalue weighted by Gasteiger charge is 2.39. The van der Waals surface area contributed by atoms with E-state index in [-0.39, 0.29) is 32.4 Å². The fraction of sp³-hybridized carbons (Fsp3) is 0.148. The lowest BCUT2D eigenvalue weighted by atomic mass is 9.87. The van der Waals surface area contributed by atoms with Gasteiger partial charge in [-0.1, -0.05) is 56.1 Å². The predicted molar refractivity (Wildman–Crippen MR) is 137 cm³/mol. The van der Waals surface area contributed by atoms with Crippen LogP contribution in [-0.4, -0.2) is 17.8 Å². The molecule has 6 nitrogen and oxygen atoms in total. The molecule has 0 saturated heterocycles. The molecule has 0 aromatic heterocycles. The highest BCUT2D eigenvalue weighted by Crippen LogP contribution is 2.32. The van der Waals surface area contributed by atoms with E-state index in [4.69, 9.17) is 27.9 Å². The number of hydrogen-bond donors (Lipinski definition) is 1. The van der Waals surface area contributed by atoms with E-state index in [2.05, 4.69) is 26.1 Å². The Morgan fingerprint density at radius 1 is 0.917 bits per heavy atom. The number of esters is 1. The summed E-state index contributed by atoms with van der Waals surface area (Å²) >= 11 is 11.9. The molecule has 9 heteroatoms. The van der Waals surface area contributed by atoms with Gasteiger partial charge in [0, 0.05) is 5.69 Å². The summed E-state index contributed by atoms with van der Waals surface area (Å²) in [5, 5.41) is 2.24. The highest BCUT2D eigenvalue weighted by atomic mass is 35.5. The number of imide groups is 1. The van der Waals surface area contributed by atoms with E-state index in [9.17, 15) is 18.8 Å². The van der Waals surface area contributed by atoms with Gasteiger partial charge in [-0.3, -0.25) is 9.59 Å². The van der Waals surface area contributed by atoms with Gasteiger partial charge in [0.1, 0.15) is 22.3 Å². The molecule has 3 aromatic rings. The molecule has 0 saturated carbocycles. The van der Waals surface area contributed by atoms with Gasteiger partial charge < -0.3 is 10.1 Å². The summed E-state index contributed by atoms with van der Waals surface area (Å²) in [6.07, 6.45) is 0. The zero-order chi connectivity index (χ0) is 26.2. The summed E-state index contributed by atoms with van der Waals surface area (Å²) in [5.41, 5.74) is 1.73. The average Bonchev–Trinajstić information content (AvgIpc) is 3.04. The molecule has 0 fully saturated rings. The Hall–Kier alpha value is -3.68. The molecular weight excluding hydrogens is 506 g/mol. The first-order valence-corrected chi connectivity index (χ1v) is 11.6. The maximum absolute atomic E-state index is 13.5. The number of benzene rings is 3. The molecule has 0 unspecified atom stereocenters. The number of carbonyl (C=O) groups is 3. The quantitative estimate of drug-likeness (QED) is 0.235. The van der Waals surface area contributed by atoms with Crippen LogP contribution in [0.25, 0.3) is 0 Å². The zero-order valence-electron chi connectivity index (χ0n) is 19.6.